The summed E-state index contributed by atoms with van der Waals surface area (Å²) in [5.74, 6) is 0. The summed E-state index contributed by atoms with van der Waals surface area (Å²) in [6, 6.07) is 2.33. The molecule has 2 aromatic rings. The van der Waals surface area contributed by atoms with Crippen molar-refractivity contribution in [3.8, 4) is 0 Å². The van der Waals surface area contributed by atoms with Gasteiger partial charge in [-0.3, -0.25) is 0 Å². The van der Waals surface area contributed by atoms with Gasteiger partial charge in [-0.25, -0.2) is 4.98 Å². The Balaban J connectivity index is 2.33. The minimum Gasteiger partial charge on any atom is -0.382 e. The van der Waals surface area contributed by atoms with E-state index < -0.39 is 6.10 Å². The number of thiophene rings is 1. The number of nitrogens with zero attached hydrogens (tertiary/aromatic N) is 2. The number of aliphatic hydroxyl groups is 1. The van der Waals surface area contributed by atoms with Crippen LogP contribution in [0.5, 0.6) is 0 Å². The summed E-state index contributed by atoms with van der Waals surface area (Å²) in [6.07, 6.45) is 2.93. The molecule has 86 valence electrons. The van der Waals surface area contributed by atoms with Crippen LogP contribution in [0.3, 0.4) is 0 Å². The fourth-order valence-electron chi connectivity index (χ4n) is 1.74. The van der Waals surface area contributed by atoms with Gasteiger partial charge in [0.1, 0.15) is 6.10 Å². The van der Waals surface area contributed by atoms with Crippen LogP contribution in [-0.4, -0.2) is 14.7 Å². The van der Waals surface area contributed by atoms with Crippen molar-refractivity contribution in [1.82, 2.24) is 9.55 Å². The van der Waals surface area contributed by atoms with Gasteiger partial charge in [-0.2, -0.15) is 0 Å². The zero-order valence-electron chi connectivity index (χ0n) is 9.71. The van der Waals surface area contributed by atoms with E-state index in [9.17, 15) is 5.11 Å². The Morgan fingerprint density at radius 1 is 1.44 bits per heavy atom. The Labute approximate surface area is 99.4 Å². The Hall–Kier alpha value is -1.13. The molecule has 3 nitrogen and oxygen atoms in total. The normalized spacial score (nSPS) is 13.3. The largest absolute Gasteiger partial charge is 0.382 e. The third-order valence-electron chi connectivity index (χ3n) is 2.60. The molecule has 0 saturated heterocycles. The minimum atomic E-state index is -0.574. The van der Waals surface area contributed by atoms with E-state index in [1.165, 1.54) is 4.88 Å². The summed E-state index contributed by atoms with van der Waals surface area (Å²) in [4.78, 5) is 5.32. The van der Waals surface area contributed by atoms with Crippen molar-refractivity contribution in [3.63, 3.8) is 0 Å². The van der Waals surface area contributed by atoms with Gasteiger partial charge in [-0.15, -0.1) is 11.3 Å². The van der Waals surface area contributed by atoms with E-state index in [1.807, 2.05) is 22.9 Å². The smallest absolute Gasteiger partial charge is 0.121 e. The van der Waals surface area contributed by atoms with Gasteiger partial charge < -0.3 is 9.67 Å². The molecule has 1 unspecified atom stereocenters. The second-order valence-electron chi connectivity index (χ2n) is 4.21. The van der Waals surface area contributed by atoms with Crippen LogP contribution in [0.4, 0.5) is 0 Å². The standard InChI is InChI=1S/C12H16N2OS/c1-8(2)14-7-13-5-11(14)12(15)10-4-9(3)16-6-10/h4-8,12,15H,1-3H3. The van der Waals surface area contributed by atoms with Gasteiger partial charge in [-0.05, 0) is 37.8 Å². The summed E-state index contributed by atoms with van der Waals surface area (Å²) in [6.45, 7) is 6.20. The Morgan fingerprint density at radius 3 is 2.75 bits per heavy atom. The lowest BCUT2D eigenvalue weighted by Crippen LogP contribution is -2.09. The number of imidazole rings is 1. The number of rotatable bonds is 3. The SMILES string of the molecule is Cc1cc(C(O)c2cncn2C(C)C)cs1. The molecule has 1 atom stereocenters. The van der Waals surface area contributed by atoms with Gasteiger partial charge in [-0.1, -0.05) is 0 Å². The van der Waals surface area contributed by atoms with Crippen LogP contribution in [0.25, 0.3) is 0 Å². The van der Waals surface area contributed by atoms with Crippen molar-refractivity contribution in [2.45, 2.75) is 32.9 Å². The van der Waals surface area contributed by atoms with E-state index in [-0.39, 0.29) is 0 Å². The monoisotopic (exact) mass is 236 g/mol. The van der Waals surface area contributed by atoms with Gasteiger partial charge in [0.15, 0.2) is 0 Å². The zero-order valence-corrected chi connectivity index (χ0v) is 10.5. The molecule has 16 heavy (non-hydrogen) atoms. The molecule has 0 amide bonds. The van der Waals surface area contributed by atoms with Crippen molar-refractivity contribution in [2.24, 2.45) is 0 Å². The van der Waals surface area contributed by atoms with Gasteiger partial charge >= 0.3 is 0 Å². The number of aromatic nitrogens is 2. The fraction of sp³-hybridized carbons (Fsp3) is 0.417. The first kappa shape index (κ1) is 11.4. The van der Waals surface area contributed by atoms with Crippen molar-refractivity contribution < 1.29 is 5.11 Å². The molecule has 4 heteroatoms. The van der Waals surface area contributed by atoms with E-state index in [1.54, 1.807) is 23.9 Å². The van der Waals surface area contributed by atoms with Crippen molar-refractivity contribution in [2.75, 3.05) is 0 Å². The second kappa shape index (κ2) is 4.39. The first-order valence-corrected chi connectivity index (χ1v) is 6.22. The average Bonchev–Trinajstić information content (AvgIpc) is 2.84. The lowest BCUT2D eigenvalue weighted by Gasteiger charge is -2.15. The van der Waals surface area contributed by atoms with Crippen LogP contribution in [0.15, 0.2) is 24.0 Å². The molecular weight excluding hydrogens is 220 g/mol. The minimum absolute atomic E-state index is 0.312. The second-order valence-corrected chi connectivity index (χ2v) is 5.33. The molecule has 0 aliphatic rings. The molecule has 2 heterocycles. The lowest BCUT2D eigenvalue weighted by atomic mass is 10.1. The molecule has 0 aliphatic heterocycles. The topological polar surface area (TPSA) is 38.1 Å². The van der Waals surface area contributed by atoms with Crippen molar-refractivity contribution >= 4 is 11.3 Å². The van der Waals surface area contributed by atoms with E-state index >= 15 is 0 Å². The molecule has 0 fully saturated rings. The predicted molar refractivity (Wildman–Crippen MR) is 65.7 cm³/mol. The third-order valence-corrected chi connectivity index (χ3v) is 3.48. The molecule has 0 radical (unpaired) electrons. The number of aliphatic hydroxyl groups excluding tert-OH is 1. The van der Waals surface area contributed by atoms with Gasteiger partial charge in [0.05, 0.1) is 18.2 Å². The van der Waals surface area contributed by atoms with E-state index in [2.05, 4.69) is 18.8 Å². The third kappa shape index (κ3) is 2.03. The summed E-state index contributed by atoms with van der Waals surface area (Å²) >= 11 is 1.65. The summed E-state index contributed by atoms with van der Waals surface area (Å²) < 4.78 is 2.00. The Bertz CT molecular complexity index is 473. The molecule has 0 aliphatic carbocycles. The number of aryl methyl sites for hydroxylation is 1. The fourth-order valence-corrected chi connectivity index (χ4v) is 2.46. The maximum atomic E-state index is 10.3. The van der Waals surface area contributed by atoms with Crippen LogP contribution < -0.4 is 0 Å². The van der Waals surface area contributed by atoms with E-state index in [4.69, 9.17) is 0 Å². The number of hydrogen-bond donors (Lipinski definition) is 1. The van der Waals surface area contributed by atoms with Crippen molar-refractivity contribution in [1.29, 1.82) is 0 Å². The highest BCUT2D eigenvalue weighted by Crippen LogP contribution is 2.27. The van der Waals surface area contributed by atoms with Crippen LogP contribution in [0.1, 0.15) is 42.1 Å². The average molecular weight is 236 g/mol. The summed E-state index contributed by atoms with van der Waals surface area (Å²) in [5.41, 5.74) is 1.80. The van der Waals surface area contributed by atoms with Crippen LogP contribution in [-0.2, 0) is 0 Å². The molecule has 2 rings (SSSR count). The van der Waals surface area contributed by atoms with Crippen LogP contribution in [0, 0.1) is 6.92 Å². The first-order chi connectivity index (χ1) is 7.59. The molecule has 1 N–H and O–H groups in total. The maximum Gasteiger partial charge on any atom is 0.121 e. The van der Waals surface area contributed by atoms with E-state index in [0.717, 1.165) is 11.3 Å². The lowest BCUT2D eigenvalue weighted by molar-refractivity contribution is 0.208. The summed E-state index contributed by atoms with van der Waals surface area (Å²) in [5, 5.41) is 12.3. The molecule has 0 bridgehead atoms. The van der Waals surface area contributed by atoms with E-state index in [0.29, 0.717) is 6.04 Å². The number of hydrogen-bond acceptors (Lipinski definition) is 3. The Kier molecular flexibility index (Phi) is 3.12. The van der Waals surface area contributed by atoms with Gasteiger partial charge in [0, 0.05) is 10.9 Å². The Morgan fingerprint density at radius 2 is 2.19 bits per heavy atom. The van der Waals surface area contributed by atoms with Crippen molar-refractivity contribution in [3.05, 3.63) is 40.1 Å². The molecule has 0 aromatic carbocycles. The molecule has 0 saturated carbocycles. The van der Waals surface area contributed by atoms with Crippen LogP contribution in [0.2, 0.25) is 0 Å². The highest BCUT2D eigenvalue weighted by atomic mass is 32.1. The molecule has 0 spiro atoms. The zero-order chi connectivity index (χ0) is 11.7. The maximum absolute atomic E-state index is 10.3. The van der Waals surface area contributed by atoms with Gasteiger partial charge in [0.2, 0.25) is 0 Å². The predicted octanol–water partition coefficient (Wildman–Crippen LogP) is 2.92. The molecule has 2 aromatic heterocycles. The molecular formula is C12H16N2OS. The quantitative estimate of drug-likeness (QED) is 0.889. The highest BCUT2D eigenvalue weighted by molar-refractivity contribution is 7.10. The highest BCUT2D eigenvalue weighted by Gasteiger charge is 2.17. The van der Waals surface area contributed by atoms with Gasteiger partial charge in [0.25, 0.3) is 0 Å². The van der Waals surface area contributed by atoms with Crippen LogP contribution >= 0.6 is 11.3 Å². The summed E-state index contributed by atoms with van der Waals surface area (Å²) in [7, 11) is 0. The first-order valence-electron chi connectivity index (χ1n) is 5.34.